The maximum atomic E-state index is 12.7. The SMILES string of the molecule is COC(=O)[C@]1(C)CCC[C@@]2(C)[C@@H]3C[C@@H]4CC[C@@]3(CC[C@@H]21)[C@@H](O)[C@@H]4C[S+](C)[O-]. The van der Waals surface area contributed by atoms with Gasteiger partial charge in [0.1, 0.15) is 5.75 Å². The summed E-state index contributed by atoms with van der Waals surface area (Å²) in [7, 11) is 1.52. The number of aliphatic hydroxyl groups is 1. The Hall–Kier alpha value is -0.260. The average Bonchev–Trinajstić information content (AvgIpc) is 2.63. The van der Waals surface area contributed by atoms with Gasteiger partial charge in [-0.2, -0.15) is 0 Å². The van der Waals surface area contributed by atoms with Gasteiger partial charge in [-0.25, -0.2) is 0 Å². The number of carbonyl (C=O) groups is 1. The van der Waals surface area contributed by atoms with Crippen molar-refractivity contribution < 1.29 is 19.2 Å². The number of esters is 1. The van der Waals surface area contributed by atoms with E-state index in [1.54, 1.807) is 6.26 Å². The molecular weight excluding hydrogens is 360 g/mol. The maximum Gasteiger partial charge on any atom is 0.311 e. The van der Waals surface area contributed by atoms with Crippen LogP contribution in [0.3, 0.4) is 0 Å². The predicted molar refractivity (Wildman–Crippen MR) is 106 cm³/mol. The van der Waals surface area contributed by atoms with Crippen LogP contribution in [0.2, 0.25) is 0 Å². The lowest BCUT2D eigenvalue weighted by molar-refractivity contribution is -0.242. The highest BCUT2D eigenvalue weighted by atomic mass is 32.2. The lowest BCUT2D eigenvalue weighted by Gasteiger charge is -2.69. The van der Waals surface area contributed by atoms with Crippen LogP contribution in [0.15, 0.2) is 0 Å². The van der Waals surface area contributed by atoms with Gasteiger partial charge in [0.05, 0.1) is 24.9 Å². The average molecular weight is 397 g/mol. The van der Waals surface area contributed by atoms with Crippen molar-refractivity contribution in [2.45, 2.75) is 71.3 Å². The Balaban J connectivity index is 1.69. The van der Waals surface area contributed by atoms with E-state index in [9.17, 15) is 14.5 Å². The van der Waals surface area contributed by atoms with Gasteiger partial charge in [0, 0.05) is 11.3 Å². The molecule has 2 bridgehead atoms. The molecule has 5 heteroatoms. The number of carbonyl (C=O) groups excluding carboxylic acids is 1. The molecule has 5 fully saturated rings. The van der Waals surface area contributed by atoms with E-state index in [-0.39, 0.29) is 28.8 Å². The van der Waals surface area contributed by atoms with E-state index in [1.807, 2.05) is 0 Å². The number of hydrogen-bond acceptors (Lipinski definition) is 4. The van der Waals surface area contributed by atoms with E-state index in [2.05, 4.69) is 13.8 Å². The molecule has 0 aromatic carbocycles. The first kappa shape index (κ1) is 20.0. The molecule has 5 saturated carbocycles. The monoisotopic (exact) mass is 396 g/mol. The second kappa shape index (κ2) is 6.63. The molecule has 27 heavy (non-hydrogen) atoms. The lowest BCUT2D eigenvalue weighted by atomic mass is 9.35. The van der Waals surface area contributed by atoms with Crippen LogP contribution in [0.4, 0.5) is 0 Å². The molecule has 5 aliphatic rings. The fourth-order valence-electron chi connectivity index (χ4n) is 8.45. The van der Waals surface area contributed by atoms with Crippen LogP contribution in [-0.4, -0.2) is 40.9 Å². The Labute approximate surface area is 167 Å². The zero-order valence-corrected chi connectivity index (χ0v) is 18.1. The zero-order chi connectivity index (χ0) is 19.6. The van der Waals surface area contributed by atoms with Crippen LogP contribution < -0.4 is 0 Å². The largest absolute Gasteiger partial charge is 0.617 e. The minimum Gasteiger partial charge on any atom is -0.617 e. The highest BCUT2D eigenvalue weighted by Gasteiger charge is 2.68. The summed E-state index contributed by atoms with van der Waals surface area (Å²) in [6, 6.07) is 0. The van der Waals surface area contributed by atoms with Gasteiger partial charge in [0.25, 0.3) is 0 Å². The molecule has 154 valence electrons. The summed E-state index contributed by atoms with van der Waals surface area (Å²) in [6.07, 6.45) is 10.0. The summed E-state index contributed by atoms with van der Waals surface area (Å²) in [5, 5.41) is 11.5. The van der Waals surface area contributed by atoms with E-state index in [0.29, 0.717) is 23.5 Å². The Bertz CT molecular complexity index is 609. The molecule has 1 unspecified atom stereocenters. The first-order valence-electron chi connectivity index (χ1n) is 10.8. The molecule has 0 radical (unpaired) electrons. The van der Waals surface area contributed by atoms with E-state index in [0.717, 1.165) is 44.9 Å². The third kappa shape index (κ3) is 2.67. The molecule has 5 aliphatic carbocycles. The third-order valence-corrected chi connectivity index (χ3v) is 10.4. The van der Waals surface area contributed by atoms with E-state index < -0.39 is 16.6 Å². The van der Waals surface area contributed by atoms with Crippen LogP contribution in [0, 0.1) is 39.9 Å². The molecule has 0 heterocycles. The van der Waals surface area contributed by atoms with Gasteiger partial charge >= 0.3 is 5.97 Å². The summed E-state index contributed by atoms with van der Waals surface area (Å²) in [5.74, 6) is 2.08. The van der Waals surface area contributed by atoms with E-state index >= 15 is 0 Å². The molecule has 5 rings (SSSR count). The fraction of sp³-hybridized carbons (Fsp3) is 0.955. The standard InChI is InChI=1S/C22H36O4S/c1-20-8-5-9-21(2,19(24)26-3)16(20)7-11-22-10-6-14(12-17(20)22)15(18(22)23)13-27(4)25/h14-18,23H,5-13H2,1-4H3/t14-,15+,16-,17-,18-,20+,21+,22-,27?/m0/s1. The first-order valence-corrected chi connectivity index (χ1v) is 12.5. The molecule has 0 saturated heterocycles. The minimum absolute atomic E-state index is 0.0294. The fourth-order valence-corrected chi connectivity index (χ4v) is 9.45. The molecule has 0 aromatic heterocycles. The van der Waals surface area contributed by atoms with Crippen LogP contribution in [0.5, 0.6) is 0 Å². The number of aliphatic hydroxyl groups excluding tert-OH is 1. The van der Waals surface area contributed by atoms with Crippen molar-refractivity contribution in [1.29, 1.82) is 0 Å². The Kier molecular flexibility index (Phi) is 4.92. The molecule has 1 N–H and O–H groups in total. The van der Waals surface area contributed by atoms with E-state index in [1.165, 1.54) is 13.5 Å². The predicted octanol–water partition coefficient (Wildman–Crippen LogP) is 3.54. The molecule has 0 amide bonds. The van der Waals surface area contributed by atoms with Crippen molar-refractivity contribution in [3.05, 3.63) is 0 Å². The molecule has 1 spiro atoms. The second-order valence-corrected chi connectivity index (χ2v) is 12.0. The highest BCUT2D eigenvalue weighted by molar-refractivity contribution is 7.90. The highest BCUT2D eigenvalue weighted by Crippen LogP contribution is 2.72. The van der Waals surface area contributed by atoms with Gasteiger partial charge in [0.15, 0.2) is 0 Å². The third-order valence-electron chi connectivity index (χ3n) is 9.56. The second-order valence-electron chi connectivity index (χ2n) is 10.5. The van der Waals surface area contributed by atoms with Gasteiger partial charge in [0.2, 0.25) is 0 Å². The molecule has 4 nitrogen and oxygen atoms in total. The number of methoxy groups -OCH3 is 1. The maximum absolute atomic E-state index is 12.7. The van der Waals surface area contributed by atoms with Gasteiger partial charge in [-0.1, -0.05) is 24.5 Å². The molecule has 0 aromatic rings. The number of rotatable bonds is 3. The smallest absolute Gasteiger partial charge is 0.311 e. The van der Waals surface area contributed by atoms with Gasteiger partial charge in [-0.15, -0.1) is 0 Å². The van der Waals surface area contributed by atoms with Gasteiger partial charge in [-0.3, -0.25) is 4.79 Å². The molecule has 9 atom stereocenters. The molecular formula is C22H36O4S. The summed E-state index contributed by atoms with van der Waals surface area (Å²) >= 11 is -0.861. The van der Waals surface area contributed by atoms with Crippen molar-refractivity contribution in [1.82, 2.24) is 0 Å². The van der Waals surface area contributed by atoms with Crippen molar-refractivity contribution >= 4 is 17.1 Å². The van der Waals surface area contributed by atoms with Crippen LogP contribution >= 0.6 is 0 Å². The number of fused-ring (bicyclic) bond motifs is 3. The minimum atomic E-state index is -0.861. The quantitative estimate of drug-likeness (QED) is 0.585. The Morgan fingerprint density at radius 1 is 1.19 bits per heavy atom. The van der Waals surface area contributed by atoms with Crippen molar-refractivity contribution in [3.8, 4) is 0 Å². The van der Waals surface area contributed by atoms with Crippen molar-refractivity contribution in [2.75, 3.05) is 19.1 Å². The van der Waals surface area contributed by atoms with Crippen LogP contribution in [0.25, 0.3) is 0 Å². The van der Waals surface area contributed by atoms with Crippen molar-refractivity contribution in [3.63, 3.8) is 0 Å². The van der Waals surface area contributed by atoms with Gasteiger partial charge < -0.3 is 14.4 Å². The Morgan fingerprint density at radius 2 is 1.89 bits per heavy atom. The summed E-state index contributed by atoms with van der Waals surface area (Å²) < 4.78 is 17.2. The normalized spacial score (nSPS) is 52.6. The zero-order valence-electron chi connectivity index (χ0n) is 17.3. The molecule has 0 aliphatic heterocycles. The van der Waals surface area contributed by atoms with Gasteiger partial charge in [-0.05, 0) is 75.0 Å². The summed E-state index contributed by atoms with van der Waals surface area (Å²) in [6.45, 7) is 4.53. The Morgan fingerprint density at radius 3 is 2.56 bits per heavy atom. The van der Waals surface area contributed by atoms with E-state index in [4.69, 9.17) is 4.74 Å². The summed E-state index contributed by atoms with van der Waals surface area (Å²) in [5.41, 5.74) is -0.330. The first-order chi connectivity index (χ1) is 12.7. The van der Waals surface area contributed by atoms with Crippen LogP contribution in [0.1, 0.15) is 65.2 Å². The summed E-state index contributed by atoms with van der Waals surface area (Å²) in [4.78, 5) is 12.7. The van der Waals surface area contributed by atoms with Crippen molar-refractivity contribution in [2.24, 2.45) is 39.9 Å². The lowest BCUT2D eigenvalue weighted by Crippen LogP contribution is -2.67. The van der Waals surface area contributed by atoms with Crippen LogP contribution in [-0.2, 0) is 20.7 Å². The number of hydrogen-bond donors (Lipinski definition) is 1. The number of ether oxygens (including phenoxy) is 1. The topological polar surface area (TPSA) is 69.6 Å².